The summed E-state index contributed by atoms with van der Waals surface area (Å²) in [6, 6.07) is 8.35. The Morgan fingerprint density at radius 1 is 1.17 bits per heavy atom. The number of nitrogens with one attached hydrogen (secondary N) is 2. The van der Waals surface area contributed by atoms with E-state index in [4.69, 9.17) is 4.74 Å². The van der Waals surface area contributed by atoms with Gasteiger partial charge in [-0.2, -0.15) is 0 Å². The molecule has 2 aliphatic rings. The molecule has 0 radical (unpaired) electrons. The standard InChI is InChI=1S/C18H25N3O3/c1-2-24-18(23)21-11-9-14(10-12-21)19-17(22)20-16-8-7-13-5-3-4-6-15(13)16/h3-6,14,16H,2,7-12H2,1H3,(H2,19,20,22). The predicted octanol–water partition coefficient (Wildman–Crippen LogP) is 2.59. The molecule has 2 N–H and O–H groups in total. The first-order chi connectivity index (χ1) is 11.7. The van der Waals surface area contributed by atoms with Gasteiger partial charge < -0.3 is 20.3 Å². The maximum Gasteiger partial charge on any atom is 0.409 e. The Labute approximate surface area is 142 Å². The van der Waals surface area contributed by atoms with Gasteiger partial charge in [0.1, 0.15) is 0 Å². The molecule has 1 unspecified atom stereocenters. The predicted molar refractivity (Wildman–Crippen MR) is 90.8 cm³/mol. The summed E-state index contributed by atoms with van der Waals surface area (Å²) in [7, 11) is 0. The number of nitrogens with zero attached hydrogens (tertiary/aromatic N) is 1. The van der Waals surface area contributed by atoms with Gasteiger partial charge in [-0.15, -0.1) is 0 Å². The number of piperidine rings is 1. The third-order valence-corrected chi connectivity index (χ3v) is 4.79. The average molecular weight is 331 g/mol. The summed E-state index contributed by atoms with van der Waals surface area (Å²) in [6.45, 7) is 3.44. The largest absolute Gasteiger partial charge is 0.450 e. The molecule has 1 aliphatic heterocycles. The number of amides is 3. The molecule has 3 rings (SSSR count). The SMILES string of the molecule is CCOC(=O)N1CCC(NC(=O)NC2CCc3ccccc32)CC1. The topological polar surface area (TPSA) is 70.7 Å². The van der Waals surface area contributed by atoms with Crippen molar-refractivity contribution in [2.75, 3.05) is 19.7 Å². The van der Waals surface area contributed by atoms with Crippen LogP contribution in [-0.2, 0) is 11.2 Å². The van der Waals surface area contributed by atoms with Crippen LogP contribution >= 0.6 is 0 Å². The molecule has 24 heavy (non-hydrogen) atoms. The monoisotopic (exact) mass is 331 g/mol. The van der Waals surface area contributed by atoms with Gasteiger partial charge in [0, 0.05) is 19.1 Å². The molecule has 1 saturated heterocycles. The quantitative estimate of drug-likeness (QED) is 0.894. The summed E-state index contributed by atoms with van der Waals surface area (Å²) in [5, 5.41) is 6.12. The van der Waals surface area contributed by atoms with Crippen LogP contribution in [0.2, 0.25) is 0 Å². The number of hydrogen-bond acceptors (Lipinski definition) is 3. The number of hydrogen-bond donors (Lipinski definition) is 2. The lowest BCUT2D eigenvalue weighted by molar-refractivity contribution is 0.0957. The molecule has 3 amide bonds. The number of aryl methyl sites for hydroxylation is 1. The molecular formula is C18H25N3O3. The number of likely N-dealkylation sites (tertiary alicyclic amines) is 1. The van der Waals surface area contributed by atoms with E-state index in [1.54, 1.807) is 11.8 Å². The van der Waals surface area contributed by atoms with Crippen LogP contribution in [0.3, 0.4) is 0 Å². The summed E-state index contributed by atoms with van der Waals surface area (Å²) in [6.07, 6.45) is 3.22. The zero-order chi connectivity index (χ0) is 16.9. The van der Waals surface area contributed by atoms with Crippen LogP contribution in [0.4, 0.5) is 9.59 Å². The second kappa shape index (κ2) is 7.55. The lowest BCUT2D eigenvalue weighted by Gasteiger charge is -2.31. The van der Waals surface area contributed by atoms with Gasteiger partial charge in [-0.1, -0.05) is 24.3 Å². The number of ether oxygens (including phenoxy) is 1. The fourth-order valence-electron chi connectivity index (χ4n) is 3.51. The van der Waals surface area contributed by atoms with Crippen LogP contribution < -0.4 is 10.6 Å². The highest BCUT2D eigenvalue weighted by molar-refractivity contribution is 5.75. The number of benzene rings is 1. The van der Waals surface area contributed by atoms with E-state index < -0.39 is 0 Å². The van der Waals surface area contributed by atoms with Gasteiger partial charge in [0.15, 0.2) is 0 Å². The van der Waals surface area contributed by atoms with Crippen molar-refractivity contribution in [3.8, 4) is 0 Å². The average Bonchev–Trinajstić information content (AvgIpc) is 2.99. The molecule has 0 spiro atoms. The first-order valence-corrected chi connectivity index (χ1v) is 8.74. The molecule has 130 valence electrons. The lowest BCUT2D eigenvalue weighted by Crippen LogP contribution is -2.49. The van der Waals surface area contributed by atoms with Crippen molar-refractivity contribution in [1.29, 1.82) is 0 Å². The zero-order valence-electron chi connectivity index (χ0n) is 14.1. The number of urea groups is 1. The van der Waals surface area contributed by atoms with Gasteiger partial charge in [0.25, 0.3) is 0 Å². The highest BCUT2D eigenvalue weighted by atomic mass is 16.6. The molecular weight excluding hydrogens is 306 g/mol. The minimum absolute atomic E-state index is 0.0980. The summed E-state index contributed by atoms with van der Waals surface area (Å²) in [5.41, 5.74) is 2.55. The smallest absolute Gasteiger partial charge is 0.409 e. The Hall–Kier alpha value is -2.24. The van der Waals surface area contributed by atoms with E-state index in [2.05, 4.69) is 22.8 Å². The molecule has 0 bridgehead atoms. The van der Waals surface area contributed by atoms with E-state index in [-0.39, 0.29) is 24.2 Å². The maximum absolute atomic E-state index is 12.3. The van der Waals surface area contributed by atoms with Gasteiger partial charge in [0.2, 0.25) is 0 Å². The molecule has 1 aromatic rings. The second-order valence-corrected chi connectivity index (χ2v) is 6.37. The van der Waals surface area contributed by atoms with Crippen molar-refractivity contribution in [2.24, 2.45) is 0 Å². The number of rotatable bonds is 3. The minimum atomic E-state index is -0.261. The molecule has 1 aliphatic carbocycles. The van der Waals surface area contributed by atoms with Crippen molar-refractivity contribution in [2.45, 2.75) is 44.7 Å². The zero-order valence-corrected chi connectivity index (χ0v) is 14.1. The van der Waals surface area contributed by atoms with Crippen LogP contribution in [0.15, 0.2) is 24.3 Å². The number of carbonyl (C=O) groups is 2. The van der Waals surface area contributed by atoms with Crippen molar-refractivity contribution in [3.05, 3.63) is 35.4 Å². The van der Waals surface area contributed by atoms with Gasteiger partial charge >= 0.3 is 12.1 Å². The second-order valence-electron chi connectivity index (χ2n) is 6.37. The van der Waals surface area contributed by atoms with Crippen molar-refractivity contribution in [1.82, 2.24) is 15.5 Å². The maximum atomic E-state index is 12.3. The normalized spacial score (nSPS) is 20.4. The van der Waals surface area contributed by atoms with E-state index in [1.165, 1.54) is 11.1 Å². The van der Waals surface area contributed by atoms with Gasteiger partial charge in [0.05, 0.1) is 12.6 Å². The Bertz CT molecular complexity index is 597. The third-order valence-electron chi connectivity index (χ3n) is 4.79. The van der Waals surface area contributed by atoms with Gasteiger partial charge in [-0.25, -0.2) is 9.59 Å². The Morgan fingerprint density at radius 3 is 2.67 bits per heavy atom. The molecule has 1 heterocycles. The van der Waals surface area contributed by atoms with Crippen molar-refractivity contribution >= 4 is 12.1 Å². The first kappa shape index (κ1) is 16.6. The molecule has 6 heteroatoms. The molecule has 1 atom stereocenters. The van der Waals surface area contributed by atoms with E-state index in [1.807, 2.05) is 12.1 Å². The summed E-state index contributed by atoms with van der Waals surface area (Å²) < 4.78 is 5.01. The van der Waals surface area contributed by atoms with E-state index in [0.717, 1.165) is 25.7 Å². The highest BCUT2D eigenvalue weighted by Gasteiger charge is 2.27. The fourth-order valence-corrected chi connectivity index (χ4v) is 3.51. The Morgan fingerprint density at radius 2 is 1.92 bits per heavy atom. The van der Waals surface area contributed by atoms with Crippen LogP contribution in [0.1, 0.15) is 43.4 Å². The van der Waals surface area contributed by atoms with Gasteiger partial charge in [-0.3, -0.25) is 0 Å². The molecule has 6 nitrogen and oxygen atoms in total. The van der Waals surface area contributed by atoms with Crippen molar-refractivity contribution < 1.29 is 14.3 Å². The van der Waals surface area contributed by atoms with E-state index in [0.29, 0.717) is 19.7 Å². The van der Waals surface area contributed by atoms with Crippen LogP contribution in [0.25, 0.3) is 0 Å². The molecule has 1 aromatic carbocycles. The summed E-state index contributed by atoms with van der Waals surface area (Å²) >= 11 is 0. The van der Waals surface area contributed by atoms with Crippen molar-refractivity contribution in [3.63, 3.8) is 0 Å². The molecule has 1 fully saturated rings. The minimum Gasteiger partial charge on any atom is -0.450 e. The molecule has 0 saturated carbocycles. The Balaban J connectivity index is 1.45. The van der Waals surface area contributed by atoms with Gasteiger partial charge in [-0.05, 0) is 43.7 Å². The van der Waals surface area contributed by atoms with Crippen LogP contribution in [0, 0.1) is 0 Å². The van der Waals surface area contributed by atoms with Crippen LogP contribution in [-0.4, -0.2) is 42.8 Å². The Kier molecular flexibility index (Phi) is 5.23. The van der Waals surface area contributed by atoms with E-state index in [9.17, 15) is 9.59 Å². The summed E-state index contributed by atoms with van der Waals surface area (Å²) in [5.74, 6) is 0. The highest BCUT2D eigenvalue weighted by Crippen LogP contribution is 2.30. The first-order valence-electron chi connectivity index (χ1n) is 8.74. The summed E-state index contributed by atoms with van der Waals surface area (Å²) in [4.78, 5) is 25.6. The van der Waals surface area contributed by atoms with Crippen LogP contribution in [0.5, 0.6) is 0 Å². The number of carbonyl (C=O) groups excluding carboxylic acids is 2. The lowest BCUT2D eigenvalue weighted by atomic mass is 10.1. The fraction of sp³-hybridized carbons (Fsp3) is 0.556. The van der Waals surface area contributed by atoms with E-state index >= 15 is 0 Å². The third kappa shape index (κ3) is 3.80. The molecule has 0 aromatic heterocycles. The number of fused-ring (bicyclic) bond motifs is 1.